The van der Waals surface area contributed by atoms with Crippen molar-refractivity contribution in [3.8, 4) is 0 Å². The van der Waals surface area contributed by atoms with Crippen molar-refractivity contribution in [3.63, 3.8) is 0 Å². The highest BCUT2D eigenvalue weighted by Crippen LogP contribution is 2.48. The average molecular weight is 306 g/mol. The second-order valence-electron chi connectivity index (χ2n) is 6.66. The third-order valence-corrected chi connectivity index (χ3v) is 4.95. The molecule has 5 heteroatoms. The number of carbonyl (C=O) groups excluding carboxylic acids is 1. The summed E-state index contributed by atoms with van der Waals surface area (Å²) in [6.07, 6.45) is 4.14. The Labute approximate surface area is 130 Å². The summed E-state index contributed by atoms with van der Waals surface area (Å²) in [7, 11) is 0. The Balaban J connectivity index is 1.46. The highest BCUT2D eigenvalue weighted by Gasteiger charge is 2.46. The van der Waals surface area contributed by atoms with E-state index >= 15 is 0 Å². The van der Waals surface area contributed by atoms with Crippen LogP contribution in [0.5, 0.6) is 0 Å². The van der Waals surface area contributed by atoms with Crippen molar-refractivity contribution in [1.82, 2.24) is 10.6 Å². The van der Waals surface area contributed by atoms with Crippen molar-refractivity contribution in [1.29, 1.82) is 0 Å². The van der Waals surface area contributed by atoms with E-state index in [1.807, 2.05) is 12.1 Å². The zero-order chi connectivity index (χ0) is 15.6. The van der Waals surface area contributed by atoms with Crippen molar-refractivity contribution < 1.29 is 14.3 Å². The number of carbonyl (C=O) groups is 1. The summed E-state index contributed by atoms with van der Waals surface area (Å²) in [5, 5.41) is 15.2. The zero-order valence-electron chi connectivity index (χ0n) is 12.6. The van der Waals surface area contributed by atoms with E-state index in [2.05, 4.69) is 10.6 Å². The SMILES string of the molecule is O=C(NC[C@H]1CC[C@H](O)C1)NCC1(c2ccccc2F)CC1. The van der Waals surface area contributed by atoms with Crippen LogP contribution >= 0.6 is 0 Å². The number of amides is 2. The van der Waals surface area contributed by atoms with Crippen molar-refractivity contribution in [3.05, 3.63) is 35.6 Å². The molecule has 2 saturated carbocycles. The summed E-state index contributed by atoms with van der Waals surface area (Å²) in [6, 6.07) is 6.60. The van der Waals surface area contributed by atoms with E-state index in [0.29, 0.717) is 24.6 Å². The van der Waals surface area contributed by atoms with Crippen LogP contribution in [0.25, 0.3) is 0 Å². The maximum absolute atomic E-state index is 13.9. The fourth-order valence-electron chi connectivity index (χ4n) is 3.37. The van der Waals surface area contributed by atoms with Gasteiger partial charge < -0.3 is 15.7 Å². The molecule has 1 aromatic rings. The lowest BCUT2D eigenvalue weighted by molar-refractivity contribution is 0.177. The zero-order valence-corrected chi connectivity index (χ0v) is 12.6. The van der Waals surface area contributed by atoms with Gasteiger partial charge in [0, 0.05) is 18.5 Å². The van der Waals surface area contributed by atoms with Gasteiger partial charge in [-0.25, -0.2) is 9.18 Å². The van der Waals surface area contributed by atoms with Gasteiger partial charge in [-0.05, 0) is 49.7 Å². The molecule has 1 aromatic carbocycles. The number of rotatable bonds is 5. The van der Waals surface area contributed by atoms with Gasteiger partial charge in [0.25, 0.3) is 0 Å². The second-order valence-corrected chi connectivity index (χ2v) is 6.66. The predicted molar refractivity (Wildman–Crippen MR) is 82.1 cm³/mol. The maximum atomic E-state index is 13.9. The number of aliphatic hydroxyl groups is 1. The number of hydrogen-bond donors (Lipinski definition) is 3. The quantitative estimate of drug-likeness (QED) is 0.782. The Bertz CT molecular complexity index is 545. The summed E-state index contributed by atoms with van der Waals surface area (Å²) in [5.74, 6) is 0.171. The summed E-state index contributed by atoms with van der Waals surface area (Å²) in [6.45, 7) is 1.06. The molecule has 2 aliphatic carbocycles. The van der Waals surface area contributed by atoms with Crippen LogP contribution in [-0.2, 0) is 5.41 Å². The van der Waals surface area contributed by atoms with Gasteiger partial charge in [-0.3, -0.25) is 0 Å². The van der Waals surface area contributed by atoms with Crippen LogP contribution in [0.15, 0.2) is 24.3 Å². The summed E-state index contributed by atoms with van der Waals surface area (Å²) < 4.78 is 13.9. The van der Waals surface area contributed by atoms with Crippen LogP contribution in [0, 0.1) is 11.7 Å². The topological polar surface area (TPSA) is 61.4 Å². The molecule has 0 bridgehead atoms. The number of urea groups is 1. The van der Waals surface area contributed by atoms with Gasteiger partial charge in [0.15, 0.2) is 0 Å². The van der Waals surface area contributed by atoms with Gasteiger partial charge in [-0.1, -0.05) is 18.2 Å². The Morgan fingerprint density at radius 1 is 1.27 bits per heavy atom. The molecule has 4 nitrogen and oxygen atoms in total. The monoisotopic (exact) mass is 306 g/mol. The molecule has 0 saturated heterocycles. The van der Waals surface area contributed by atoms with Crippen LogP contribution in [0.2, 0.25) is 0 Å². The number of aliphatic hydroxyl groups excluding tert-OH is 1. The first-order chi connectivity index (χ1) is 10.6. The fraction of sp³-hybridized carbons (Fsp3) is 0.588. The molecule has 120 valence electrons. The van der Waals surface area contributed by atoms with E-state index in [4.69, 9.17) is 0 Å². The first-order valence-electron chi connectivity index (χ1n) is 8.04. The van der Waals surface area contributed by atoms with Crippen molar-refractivity contribution in [2.45, 2.75) is 43.6 Å². The Morgan fingerprint density at radius 3 is 2.68 bits per heavy atom. The molecule has 0 aliphatic heterocycles. The van der Waals surface area contributed by atoms with E-state index in [1.54, 1.807) is 6.07 Å². The third-order valence-electron chi connectivity index (χ3n) is 4.95. The standard InChI is InChI=1S/C17H23FN2O2/c18-15-4-2-1-3-14(15)17(7-8-17)11-20-16(22)19-10-12-5-6-13(21)9-12/h1-4,12-13,21H,5-11H2,(H2,19,20,22)/t12-,13-/m0/s1. The van der Waals surface area contributed by atoms with Gasteiger partial charge >= 0.3 is 6.03 Å². The fourth-order valence-corrected chi connectivity index (χ4v) is 3.37. The van der Waals surface area contributed by atoms with Gasteiger partial charge in [0.2, 0.25) is 0 Å². The van der Waals surface area contributed by atoms with E-state index in [9.17, 15) is 14.3 Å². The molecule has 0 spiro atoms. The molecule has 3 N–H and O–H groups in total. The van der Waals surface area contributed by atoms with Crippen molar-refractivity contribution >= 4 is 6.03 Å². The van der Waals surface area contributed by atoms with Crippen LogP contribution < -0.4 is 10.6 Å². The molecular formula is C17H23FN2O2. The molecule has 0 aromatic heterocycles. The van der Waals surface area contributed by atoms with Gasteiger partial charge in [-0.2, -0.15) is 0 Å². The largest absolute Gasteiger partial charge is 0.393 e. The molecule has 3 rings (SSSR count). The summed E-state index contributed by atoms with van der Waals surface area (Å²) in [4.78, 5) is 11.9. The summed E-state index contributed by atoms with van der Waals surface area (Å²) >= 11 is 0. The molecular weight excluding hydrogens is 283 g/mol. The first-order valence-corrected chi connectivity index (χ1v) is 8.04. The molecule has 0 unspecified atom stereocenters. The summed E-state index contributed by atoms with van der Waals surface area (Å²) in [5.41, 5.74) is 0.473. The van der Waals surface area contributed by atoms with Crippen LogP contribution in [-0.4, -0.2) is 30.3 Å². The number of nitrogens with one attached hydrogen (secondary N) is 2. The Morgan fingerprint density at radius 2 is 2.05 bits per heavy atom. The molecule has 22 heavy (non-hydrogen) atoms. The molecule has 2 amide bonds. The van der Waals surface area contributed by atoms with E-state index in [-0.39, 0.29) is 23.4 Å². The lowest BCUT2D eigenvalue weighted by Gasteiger charge is -2.18. The molecule has 2 fully saturated rings. The maximum Gasteiger partial charge on any atom is 0.314 e. The smallest absolute Gasteiger partial charge is 0.314 e. The number of hydrogen-bond acceptors (Lipinski definition) is 2. The minimum Gasteiger partial charge on any atom is -0.393 e. The van der Waals surface area contributed by atoms with Crippen LogP contribution in [0.4, 0.5) is 9.18 Å². The number of halogens is 1. The van der Waals surface area contributed by atoms with E-state index in [1.165, 1.54) is 6.07 Å². The lowest BCUT2D eigenvalue weighted by Crippen LogP contribution is -2.41. The Kier molecular flexibility index (Phi) is 4.34. The third kappa shape index (κ3) is 3.40. The number of benzene rings is 1. The average Bonchev–Trinajstić information content (AvgIpc) is 3.18. The van der Waals surface area contributed by atoms with Crippen molar-refractivity contribution in [2.75, 3.05) is 13.1 Å². The second kappa shape index (κ2) is 6.24. The molecule has 2 aliphatic rings. The first kappa shape index (κ1) is 15.3. The van der Waals surface area contributed by atoms with Crippen molar-refractivity contribution in [2.24, 2.45) is 5.92 Å². The normalized spacial score (nSPS) is 25.7. The lowest BCUT2D eigenvalue weighted by atomic mass is 9.95. The van der Waals surface area contributed by atoms with Gasteiger partial charge in [0.05, 0.1) is 6.10 Å². The minimum absolute atomic E-state index is 0.192. The van der Waals surface area contributed by atoms with Gasteiger partial charge in [0.1, 0.15) is 5.82 Å². The minimum atomic E-state index is -0.230. The predicted octanol–water partition coefficient (Wildman–Crippen LogP) is 2.32. The van der Waals surface area contributed by atoms with E-state index < -0.39 is 0 Å². The Hall–Kier alpha value is -1.62. The van der Waals surface area contributed by atoms with E-state index in [0.717, 1.165) is 32.1 Å². The van der Waals surface area contributed by atoms with Crippen LogP contribution in [0.3, 0.4) is 0 Å². The molecule has 2 atom stereocenters. The molecule has 0 heterocycles. The highest BCUT2D eigenvalue weighted by molar-refractivity contribution is 5.74. The highest BCUT2D eigenvalue weighted by atomic mass is 19.1. The van der Waals surface area contributed by atoms with Crippen LogP contribution in [0.1, 0.15) is 37.7 Å². The van der Waals surface area contributed by atoms with Gasteiger partial charge in [-0.15, -0.1) is 0 Å². The molecule has 0 radical (unpaired) electrons.